The average Bonchev–Trinajstić information content (AvgIpc) is 2.65. The van der Waals surface area contributed by atoms with Crippen molar-refractivity contribution in [3.8, 4) is 0 Å². The van der Waals surface area contributed by atoms with Gasteiger partial charge in [-0.3, -0.25) is 14.5 Å². The van der Waals surface area contributed by atoms with Crippen molar-refractivity contribution in [2.75, 3.05) is 39.4 Å². The zero-order valence-corrected chi connectivity index (χ0v) is 18.1. The van der Waals surface area contributed by atoms with Crippen molar-refractivity contribution >= 4 is 36.6 Å². The fourth-order valence-electron chi connectivity index (χ4n) is 3.64. The Kier molecular flexibility index (Phi) is 12.5. The van der Waals surface area contributed by atoms with Gasteiger partial charge in [-0.2, -0.15) is 0 Å². The Hall–Kier alpha value is -0.600. The molecule has 0 unspecified atom stereocenters. The Bertz CT molecular complexity index is 454. The number of halogens is 2. The Balaban J connectivity index is 0.00000338. The maximum atomic E-state index is 12.2. The number of nitrogens with zero attached hydrogens (tertiary/aromatic N) is 1. The summed E-state index contributed by atoms with van der Waals surface area (Å²) in [6, 6.07) is -0.581. The Morgan fingerprint density at radius 2 is 1.67 bits per heavy atom. The molecule has 2 aliphatic heterocycles. The molecule has 0 aromatic rings. The second-order valence-electron chi connectivity index (χ2n) is 7.65. The van der Waals surface area contributed by atoms with Gasteiger partial charge < -0.3 is 21.1 Å². The number of carbonyl (C=O) groups is 2. The molecule has 2 amide bonds. The van der Waals surface area contributed by atoms with Gasteiger partial charge in [-0.05, 0) is 44.7 Å². The molecule has 0 saturated carbocycles. The molecule has 9 heteroatoms. The van der Waals surface area contributed by atoms with E-state index >= 15 is 0 Å². The fraction of sp³-hybridized carbons (Fsp3) is 0.889. The van der Waals surface area contributed by atoms with E-state index in [0.717, 1.165) is 39.1 Å². The fourth-order valence-corrected chi connectivity index (χ4v) is 3.64. The lowest BCUT2D eigenvalue weighted by molar-refractivity contribution is -0.128. The van der Waals surface area contributed by atoms with Crippen molar-refractivity contribution in [1.29, 1.82) is 0 Å². The number of nitrogens with two attached hydrogens (primary N) is 1. The zero-order chi connectivity index (χ0) is 18.3. The van der Waals surface area contributed by atoms with Crippen molar-refractivity contribution in [2.24, 2.45) is 11.7 Å². The molecule has 2 saturated heterocycles. The Morgan fingerprint density at radius 1 is 1.07 bits per heavy atom. The molecule has 160 valence electrons. The first kappa shape index (κ1) is 26.4. The minimum absolute atomic E-state index is 0. The first-order valence-electron chi connectivity index (χ1n) is 9.57. The largest absolute Gasteiger partial charge is 0.381 e. The van der Waals surface area contributed by atoms with E-state index in [2.05, 4.69) is 15.5 Å². The normalized spacial score (nSPS) is 20.7. The van der Waals surface area contributed by atoms with Gasteiger partial charge in [0.1, 0.15) is 0 Å². The number of hydrogen-bond donors (Lipinski definition) is 3. The monoisotopic (exact) mass is 426 g/mol. The third-order valence-corrected chi connectivity index (χ3v) is 5.51. The van der Waals surface area contributed by atoms with Crippen LogP contribution in [-0.4, -0.2) is 67.7 Å². The van der Waals surface area contributed by atoms with Crippen LogP contribution in [0.3, 0.4) is 0 Å². The molecule has 27 heavy (non-hydrogen) atoms. The molecule has 0 radical (unpaired) electrons. The molecule has 0 bridgehead atoms. The van der Waals surface area contributed by atoms with E-state index in [9.17, 15) is 9.59 Å². The average molecular weight is 427 g/mol. The van der Waals surface area contributed by atoms with Crippen molar-refractivity contribution in [2.45, 2.75) is 57.5 Å². The molecule has 2 fully saturated rings. The van der Waals surface area contributed by atoms with Gasteiger partial charge in [-0.15, -0.1) is 24.8 Å². The van der Waals surface area contributed by atoms with Crippen LogP contribution in [0.1, 0.15) is 46.0 Å². The third kappa shape index (κ3) is 7.74. The van der Waals surface area contributed by atoms with Crippen molar-refractivity contribution in [3.05, 3.63) is 0 Å². The van der Waals surface area contributed by atoms with E-state index in [0.29, 0.717) is 6.54 Å². The minimum Gasteiger partial charge on any atom is -0.381 e. The maximum Gasteiger partial charge on any atom is 0.239 e. The van der Waals surface area contributed by atoms with E-state index < -0.39 is 6.04 Å². The third-order valence-electron chi connectivity index (χ3n) is 5.51. The number of rotatable bonds is 7. The summed E-state index contributed by atoms with van der Waals surface area (Å²) in [5, 5.41) is 5.65. The van der Waals surface area contributed by atoms with Crippen LogP contribution in [0.25, 0.3) is 0 Å². The van der Waals surface area contributed by atoms with E-state index in [4.69, 9.17) is 10.5 Å². The van der Waals surface area contributed by atoms with Crippen LogP contribution < -0.4 is 16.4 Å². The first-order valence-corrected chi connectivity index (χ1v) is 9.57. The van der Waals surface area contributed by atoms with E-state index in [1.807, 2.05) is 13.8 Å². The number of hydrogen-bond acceptors (Lipinski definition) is 5. The van der Waals surface area contributed by atoms with Crippen molar-refractivity contribution in [1.82, 2.24) is 15.5 Å². The van der Waals surface area contributed by atoms with Crippen LogP contribution in [-0.2, 0) is 14.3 Å². The predicted molar refractivity (Wildman–Crippen MR) is 112 cm³/mol. The highest BCUT2D eigenvalue weighted by Crippen LogP contribution is 2.30. The summed E-state index contributed by atoms with van der Waals surface area (Å²) in [5.41, 5.74) is 5.78. The molecule has 0 aromatic carbocycles. The zero-order valence-electron chi connectivity index (χ0n) is 16.5. The second-order valence-corrected chi connectivity index (χ2v) is 7.65. The van der Waals surface area contributed by atoms with Gasteiger partial charge in [-0.25, -0.2) is 0 Å². The van der Waals surface area contributed by atoms with Gasteiger partial charge in [0.25, 0.3) is 0 Å². The molecule has 4 N–H and O–H groups in total. The van der Waals surface area contributed by atoms with Gasteiger partial charge in [0, 0.05) is 25.3 Å². The van der Waals surface area contributed by atoms with Gasteiger partial charge in [0.05, 0.1) is 12.6 Å². The van der Waals surface area contributed by atoms with Crippen molar-refractivity contribution in [3.63, 3.8) is 0 Å². The summed E-state index contributed by atoms with van der Waals surface area (Å²) in [7, 11) is 0. The second kappa shape index (κ2) is 12.8. The molecule has 0 spiro atoms. The predicted octanol–water partition coefficient (Wildman–Crippen LogP) is 1.08. The smallest absolute Gasteiger partial charge is 0.239 e. The first-order chi connectivity index (χ1) is 11.9. The molecule has 2 rings (SSSR count). The Morgan fingerprint density at radius 3 is 2.22 bits per heavy atom. The highest BCUT2D eigenvalue weighted by atomic mass is 35.5. The number of amides is 2. The lowest BCUT2D eigenvalue weighted by Crippen LogP contribution is -2.60. The number of ether oxygens (including phenoxy) is 1. The summed E-state index contributed by atoms with van der Waals surface area (Å²) in [4.78, 5) is 26.6. The maximum absolute atomic E-state index is 12.2. The standard InChI is InChI=1S/C18H34N4O3.2ClH/c1-14(2)16(19)17(24)20-12-15(23)21-13-18(6-10-25-11-7-18)22-8-4-3-5-9-22;;/h14,16H,3-13,19H2,1-2H3,(H,20,24)(H,21,23);2*1H/t16-;;/m0../s1. The SMILES string of the molecule is CC(C)[C@H](N)C(=O)NCC(=O)NCC1(N2CCCCC2)CCOCC1.Cl.Cl. The van der Waals surface area contributed by atoms with Crippen LogP contribution in [0, 0.1) is 5.92 Å². The minimum atomic E-state index is -0.581. The van der Waals surface area contributed by atoms with Gasteiger partial charge in [0.15, 0.2) is 0 Å². The molecule has 2 heterocycles. The number of piperidine rings is 1. The highest BCUT2D eigenvalue weighted by Gasteiger charge is 2.39. The summed E-state index contributed by atoms with van der Waals surface area (Å²) >= 11 is 0. The molecule has 1 atom stereocenters. The molecule has 7 nitrogen and oxygen atoms in total. The summed E-state index contributed by atoms with van der Waals surface area (Å²) in [6.45, 7) is 8.03. The molecular weight excluding hydrogens is 391 g/mol. The Labute approximate surface area is 175 Å². The van der Waals surface area contributed by atoms with E-state index in [1.54, 1.807) is 0 Å². The number of likely N-dealkylation sites (tertiary alicyclic amines) is 1. The summed E-state index contributed by atoms with van der Waals surface area (Å²) in [5.74, 6) is -0.387. The van der Waals surface area contributed by atoms with Crippen LogP contribution in [0.5, 0.6) is 0 Å². The molecule has 2 aliphatic rings. The van der Waals surface area contributed by atoms with Gasteiger partial charge >= 0.3 is 0 Å². The van der Waals surface area contributed by atoms with Gasteiger partial charge in [-0.1, -0.05) is 20.3 Å². The topological polar surface area (TPSA) is 96.7 Å². The van der Waals surface area contributed by atoms with Crippen LogP contribution >= 0.6 is 24.8 Å². The van der Waals surface area contributed by atoms with Gasteiger partial charge in [0.2, 0.25) is 11.8 Å². The van der Waals surface area contributed by atoms with Crippen LogP contribution in [0.15, 0.2) is 0 Å². The molecule has 0 aromatic heterocycles. The van der Waals surface area contributed by atoms with E-state index in [1.165, 1.54) is 19.3 Å². The molecular formula is C18H36Cl2N4O3. The van der Waals surface area contributed by atoms with E-state index in [-0.39, 0.29) is 54.6 Å². The summed E-state index contributed by atoms with van der Waals surface area (Å²) < 4.78 is 5.54. The lowest BCUT2D eigenvalue weighted by atomic mass is 9.86. The number of carbonyl (C=O) groups excluding carboxylic acids is 2. The highest BCUT2D eigenvalue weighted by molar-refractivity contribution is 5.87. The van der Waals surface area contributed by atoms with Crippen LogP contribution in [0.2, 0.25) is 0 Å². The molecule has 0 aliphatic carbocycles. The summed E-state index contributed by atoms with van der Waals surface area (Å²) in [6.07, 6.45) is 5.62. The quantitative estimate of drug-likeness (QED) is 0.565. The van der Waals surface area contributed by atoms with Crippen LogP contribution in [0.4, 0.5) is 0 Å². The number of nitrogens with one attached hydrogen (secondary N) is 2. The lowest BCUT2D eigenvalue weighted by Gasteiger charge is -2.48. The van der Waals surface area contributed by atoms with Crippen molar-refractivity contribution < 1.29 is 14.3 Å².